The molecule has 6 nitrogen and oxygen atoms in total. The van der Waals surface area contributed by atoms with Crippen LogP contribution in [0.25, 0.3) is 0 Å². The van der Waals surface area contributed by atoms with Crippen LogP contribution in [0.5, 0.6) is 0 Å². The van der Waals surface area contributed by atoms with E-state index in [1.165, 1.54) is 4.90 Å². The van der Waals surface area contributed by atoms with Gasteiger partial charge in [-0.3, -0.25) is 9.11 Å². The fraction of sp³-hybridized carbons (Fsp3) is 0.833. The number of amides is 2. The second-order valence-corrected chi connectivity index (χ2v) is 8.27. The normalized spacial score (nSPS) is 29.0. The summed E-state index contributed by atoms with van der Waals surface area (Å²) in [5.41, 5.74) is 0. The number of hydrogen-bond donors (Lipinski definition) is 2. The quantitative estimate of drug-likeness (QED) is 0.779. The van der Waals surface area contributed by atoms with Crippen LogP contribution in [0.3, 0.4) is 0 Å². The molecule has 0 radical (unpaired) electrons. The van der Waals surface area contributed by atoms with Crippen molar-refractivity contribution in [1.82, 2.24) is 10.2 Å². The summed E-state index contributed by atoms with van der Waals surface area (Å²) in [6.45, 7) is 2.09. The van der Waals surface area contributed by atoms with E-state index >= 15 is 0 Å². The number of urea groups is 1. The number of thioether (sulfide) groups is 1. The molecule has 2 N–H and O–H groups in total. The number of carboxylic acids is 1. The number of rotatable bonds is 5. The van der Waals surface area contributed by atoms with Gasteiger partial charge in [-0.2, -0.15) is 0 Å². The van der Waals surface area contributed by atoms with E-state index < -0.39 is 22.8 Å². The summed E-state index contributed by atoms with van der Waals surface area (Å²) in [4.78, 5) is 25.0. The maximum Gasteiger partial charge on any atom is 0.327 e. The third-order valence-electron chi connectivity index (χ3n) is 3.69. The van der Waals surface area contributed by atoms with Crippen LogP contribution in [0.2, 0.25) is 0 Å². The van der Waals surface area contributed by atoms with E-state index in [4.69, 9.17) is 0 Å². The minimum Gasteiger partial charge on any atom is -0.480 e. The molecule has 0 aromatic rings. The lowest BCUT2D eigenvalue weighted by atomic mass is 10.2. The summed E-state index contributed by atoms with van der Waals surface area (Å²) in [6.07, 6.45) is 3.71. The number of nitrogens with one attached hydrogen (secondary N) is 1. The highest BCUT2D eigenvalue weighted by Gasteiger charge is 2.48. The van der Waals surface area contributed by atoms with Crippen molar-refractivity contribution in [1.29, 1.82) is 0 Å². The van der Waals surface area contributed by atoms with E-state index in [0.717, 1.165) is 12.8 Å². The van der Waals surface area contributed by atoms with Gasteiger partial charge in [-0.05, 0) is 25.7 Å². The number of hydrogen-bond acceptors (Lipinski definition) is 4. The molecule has 0 aromatic heterocycles. The maximum atomic E-state index is 12.3. The Bertz CT molecular complexity index is 428. The van der Waals surface area contributed by atoms with Gasteiger partial charge in [-0.15, -0.1) is 11.8 Å². The Morgan fingerprint density at radius 2 is 2.15 bits per heavy atom. The highest BCUT2D eigenvalue weighted by atomic mass is 32.2. The summed E-state index contributed by atoms with van der Waals surface area (Å²) in [7, 11) is -1.01. The number of carboxylic acid groups (broad SMARTS) is 1. The van der Waals surface area contributed by atoms with Gasteiger partial charge in [0.15, 0.2) is 0 Å². The molecule has 8 heteroatoms. The zero-order chi connectivity index (χ0) is 14.9. The second-order valence-electron chi connectivity index (χ2n) is 5.32. The number of aliphatic carboxylic acids is 1. The first-order chi connectivity index (χ1) is 9.41. The molecule has 1 aliphatic heterocycles. The van der Waals surface area contributed by atoms with Crippen molar-refractivity contribution in [2.45, 2.75) is 36.4 Å². The van der Waals surface area contributed by atoms with Gasteiger partial charge in [0.1, 0.15) is 6.04 Å². The van der Waals surface area contributed by atoms with E-state index in [1.807, 2.05) is 0 Å². The van der Waals surface area contributed by atoms with Crippen molar-refractivity contribution in [3.63, 3.8) is 0 Å². The monoisotopic (exact) mass is 320 g/mol. The van der Waals surface area contributed by atoms with Crippen molar-refractivity contribution in [3.05, 3.63) is 0 Å². The average Bonchev–Trinajstić information content (AvgIpc) is 3.13. The Balaban J connectivity index is 1.99. The van der Waals surface area contributed by atoms with Crippen molar-refractivity contribution in [2.75, 3.05) is 18.6 Å². The van der Waals surface area contributed by atoms with E-state index in [-0.39, 0.29) is 16.7 Å². The first kappa shape index (κ1) is 15.6. The maximum absolute atomic E-state index is 12.3. The first-order valence-corrected chi connectivity index (χ1v) is 9.31. The largest absolute Gasteiger partial charge is 0.480 e. The lowest BCUT2D eigenvalue weighted by Gasteiger charge is -2.28. The van der Waals surface area contributed by atoms with Gasteiger partial charge in [0.2, 0.25) is 0 Å². The molecular formula is C12H20N2O4S2. The van der Waals surface area contributed by atoms with E-state index in [1.54, 1.807) is 24.9 Å². The molecule has 0 spiro atoms. The second kappa shape index (κ2) is 6.34. The molecule has 2 aliphatic rings. The van der Waals surface area contributed by atoms with Crippen molar-refractivity contribution in [3.8, 4) is 0 Å². The molecule has 2 fully saturated rings. The number of carbonyl (C=O) groups is 2. The predicted molar refractivity (Wildman–Crippen MR) is 79.2 cm³/mol. The minimum atomic E-state index is -1.01. The standard InChI is InChI=1S/C12H20N2O4S2/c1-7(20(2)18)5-13-12(17)14-9(11(15)16)6-19-10(14)8-3-4-8/h7-10H,3-6H2,1-2H3,(H,13,17)(H,15,16). The third kappa shape index (κ3) is 3.46. The Morgan fingerprint density at radius 3 is 2.65 bits per heavy atom. The van der Waals surface area contributed by atoms with Crippen LogP contribution in [0, 0.1) is 5.92 Å². The molecule has 1 saturated heterocycles. The molecule has 1 saturated carbocycles. The van der Waals surface area contributed by atoms with Gasteiger partial charge >= 0.3 is 12.0 Å². The zero-order valence-corrected chi connectivity index (χ0v) is 13.2. The van der Waals surface area contributed by atoms with Crippen molar-refractivity contribution < 1.29 is 18.9 Å². The number of nitrogens with zero attached hydrogens (tertiary/aromatic N) is 1. The van der Waals surface area contributed by atoms with Crippen LogP contribution in [0.1, 0.15) is 19.8 Å². The van der Waals surface area contributed by atoms with Gasteiger partial charge in [0.25, 0.3) is 0 Å². The van der Waals surface area contributed by atoms with Crippen LogP contribution in [-0.2, 0) is 15.6 Å². The average molecular weight is 320 g/mol. The van der Waals surface area contributed by atoms with E-state index in [2.05, 4.69) is 5.32 Å². The van der Waals surface area contributed by atoms with Crippen LogP contribution in [0.15, 0.2) is 0 Å². The van der Waals surface area contributed by atoms with Crippen LogP contribution in [-0.4, -0.2) is 61.4 Å². The summed E-state index contributed by atoms with van der Waals surface area (Å²) >= 11 is 1.55. The lowest BCUT2D eigenvalue weighted by molar-refractivity contribution is -0.141. The van der Waals surface area contributed by atoms with E-state index in [9.17, 15) is 18.9 Å². The topological polar surface area (TPSA) is 86.7 Å². The first-order valence-electron chi connectivity index (χ1n) is 6.64. The van der Waals surface area contributed by atoms with Gasteiger partial charge in [-0.1, -0.05) is 0 Å². The highest BCUT2D eigenvalue weighted by molar-refractivity contribution is 8.00. The molecule has 1 heterocycles. The molecule has 114 valence electrons. The van der Waals surface area contributed by atoms with Crippen molar-refractivity contribution >= 4 is 34.6 Å². The third-order valence-corrected chi connectivity index (χ3v) is 6.45. The number of carbonyl (C=O) groups excluding carboxylic acids is 1. The SMILES string of the molecule is CC(CNC(=O)N1C(C(=O)O)CSC1C1CC1)S(C)=O. The molecule has 0 bridgehead atoms. The smallest absolute Gasteiger partial charge is 0.327 e. The Labute approximate surface area is 125 Å². The Kier molecular flexibility index (Phi) is 4.95. The van der Waals surface area contributed by atoms with Gasteiger partial charge in [0.05, 0.1) is 5.37 Å². The van der Waals surface area contributed by atoms with Gasteiger partial charge in [-0.25, -0.2) is 9.59 Å². The van der Waals surface area contributed by atoms with Crippen LogP contribution >= 0.6 is 11.8 Å². The van der Waals surface area contributed by atoms with Crippen LogP contribution in [0.4, 0.5) is 4.79 Å². The zero-order valence-electron chi connectivity index (χ0n) is 11.6. The van der Waals surface area contributed by atoms with Gasteiger partial charge in [0, 0.05) is 34.6 Å². The fourth-order valence-corrected chi connectivity index (χ4v) is 4.11. The molecule has 0 aromatic carbocycles. The van der Waals surface area contributed by atoms with E-state index in [0.29, 0.717) is 18.2 Å². The molecule has 1 aliphatic carbocycles. The Hall–Kier alpha value is -0.760. The molecule has 20 heavy (non-hydrogen) atoms. The highest BCUT2D eigenvalue weighted by Crippen LogP contribution is 2.45. The molecule has 2 rings (SSSR count). The molecule has 2 amide bonds. The summed E-state index contributed by atoms with van der Waals surface area (Å²) in [5, 5.41) is 11.8. The summed E-state index contributed by atoms with van der Waals surface area (Å²) in [6, 6.07) is -1.11. The molecule has 4 atom stereocenters. The lowest BCUT2D eigenvalue weighted by Crippen LogP contribution is -2.51. The predicted octanol–water partition coefficient (Wildman–Crippen LogP) is 0.701. The van der Waals surface area contributed by atoms with Crippen LogP contribution < -0.4 is 5.32 Å². The van der Waals surface area contributed by atoms with Crippen molar-refractivity contribution in [2.24, 2.45) is 5.92 Å². The fourth-order valence-electron chi connectivity index (χ4n) is 2.16. The minimum absolute atomic E-state index is 0.0291. The summed E-state index contributed by atoms with van der Waals surface area (Å²) in [5.74, 6) is -0.0881. The summed E-state index contributed by atoms with van der Waals surface area (Å²) < 4.78 is 11.3. The Morgan fingerprint density at radius 1 is 1.50 bits per heavy atom. The van der Waals surface area contributed by atoms with Gasteiger partial charge < -0.3 is 10.4 Å². The molecular weight excluding hydrogens is 300 g/mol. The molecule has 4 unspecified atom stereocenters.